The molecule has 1 aromatic rings. The molecule has 0 radical (unpaired) electrons. The van der Waals surface area contributed by atoms with Crippen LogP contribution in [0.1, 0.15) is 31.9 Å². The predicted molar refractivity (Wildman–Crippen MR) is 84.3 cm³/mol. The van der Waals surface area contributed by atoms with Crippen LogP contribution < -0.4 is 4.90 Å². The Hall–Kier alpha value is -1.84. The number of amides is 2. The van der Waals surface area contributed by atoms with Gasteiger partial charge in [-0.15, -0.1) is 0 Å². The lowest BCUT2D eigenvalue weighted by Crippen LogP contribution is -2.58. The van der Waals surface area contributed by atoms with Crippen molar-refractivity contribution in [2.45, 2.75) is 40.7 Å². The summed E-state index contributed by atoms with van der Waals surface area (Å²) in [5.74, 6) is -0.0239. The number of nitrogens with zero attached hydrogens (tertiary/aromatic N) is 2. The second kappa shape index (κ2) is 5.88. The SMILES string of the molecule is Cc1cc(C)cc(N2CCN(C(=O)C(C)C)C(C)C2=O)c1. The summed E-state index contributed by atoms with van der Waals surface area (Å²) in [7, 11) is 0. The molecule has 4 heteroatoms. The summed E-state index contributed by atoms with van der Waals surface area (Å²) in [6.07, 6.45) is 0. The molecule has 21 heavy (non-hydrogen) atoms. The average Bonchev–Trinajstić information content (AvgIpc) is 2.39. The van der Waals surface area contributed by atoms with Crippen molar-refractivity contribution >= 4 is 17.5 Å². The number of carbonyl (C=O) groups is 2. The zero-order valence-corrected chi connectivity index (χ0v) is 13.5. The molecule has 1 aromatic carbocycles. The van der Waals surface area contributed by atoms with Gasteiger partial charge in [0.1, 0.15) is 6.04 Å². The van der Waals surface area contributed by atoms with Gasteiger partial charge in [0.25, 0.3) is 0 Å². The average molecular weight is 288 g/mol. The van der Waals surface area contributed by atoms with Crippen molar-refractivity contribution in [2.24, 2.45) is 5.92 Å². The number of aryl methyl sites for hydroxylation is 2. The fourth-order valence-corrected chi connectivity index (χ4v) is 2.87. The number of rotatable bonds is 2. The fraction of sp³-hybridized carbons (Fsp3) is 0.529. The number of carbonyl (C=O) groups excluding carboxylic acids is 2. The molecule has 1 atom stereocenters. The molecule has 2 amide bonds. The van der Waals surface area contributed by atoms with Crippen LogP contribution in [0.5, 0.6) is 0 Å². The third kappa shape index (κ3) is 3.09. The Balaban J connectivity index is 2.23. The first-order valence-corrected chi connectivity index (χ1v) is 7.51. The second-order valence-electron chi connectivity index (χ2n) is 6.20. The first-order valence-electron chi connectivity index (χ1n) is 7.51. The molecule has 0 aliphatic carbocycles. The smallest absolute Gasteiger partial charge is 0.249 e. The third-order valence-corrected chi connectivity index (χ3v) is 3.95. The summed E-state index contributed by atoms with van der Waals surface area (Å²) in [5, 5.41) is 0. The summed E-state index contributed by atoms with van der Waals surface area (Å²) in [5.41, 5.74) is 3.22. The molecule has 1 aliphatic heterocycles. The first kappa shape index (κ1) is 15.5. The summed E-state index contributed by atoms with van der Waals surface area (Å²) >= 11 is 0. The van der Waals surface area contributed by atoms with Crippen LogP contribution in [-0.2, 0) is 9.59 Å². The molecular formula is C17H24N2O2. The minimum Gasteiger partial charge on any atom is -0.329 e. The highest BCUT2D eigenvalue weighted by Gasteiger charge is 2.35. The van der Waals surface area contributed by atoms with E-state index in [1.165, 1.54) is 0 Å². The van der Waals surface area contributed by atoms with Crippen molar-refractivity contribution in [1.29, 1.82) is 0 Å². The standard InChI is InChI=1S/C17H24N2O2/c1-11(2)16(20)18-6-7-19(17(21)14(18)5)15-9-12(3)8-13(4)10-15/h8-11,14H,6-7H2,1-5H3. The summed E-state index contributed by atoms with van der Waals surface area (Å²) < 4.78 is 0. The molecule has 0 N–H and O–H groups in total. The maximum absolute atomic E-state index is 12.6. The van der Waals surface area contributed by atoms with E-state index >= 15 is 0 Å². The third-order valence-electron chi connectivity index (χ3n) is 3.95. The van der Waals surface area contributed by atoms with E-state index in [4.69, 9.17) is 0 Å². The lowest BCUT2D eigenvalue weighted by atomic mass is 10.1. The Morgan fingerprint density at radius 1 is 1.14 bits per heavy atom. The van der Waals surface area contributed by atoms with Crippen LogP contribution in [0.25, 0.3) is 0 Å². The minimum absolute atomic E-state index is 0.000231. The minimum atomic E-state index is -0.394. The van der Waals surface area contributed by atoms with E-state index in [-0.39, 0.29) is 17.7 Å². The molecule has 1 unspecified atom stereocenters. The van der Waals surface area contributed by atoms with Gasteiger partial charge in [-0.25, -0.2) is 0 Å². The van der Waals surface area contributed by atoms with Crippen LogP contribution in [0, 0.1) is 19.8 Å². The normalized spacial score (nSPS) is 19.3. The van der Waals surface area contributed by atoms with Crippen molar-refractivity contribution in [1.82, 2.24) is 4.90 Å². The molecule has 0 spiro atoms. The quantitative estimate of drug-likeness (QED) is 0.839. The monoisotopic (exact) mass is 288 g/mol. The molecule has 1 saturated heterocycles. The fourth-order valence-electron chi connectivity index (χ4n) is 2.87. The molecule has 0 saturated carbocycles. The van der Waals surface area contributed by atoms with Crippen LogP contribution in [0.15, 0.2) is 18.2 Å². The highest BCUT2D eigenvalue weighted by Crippen LogP contribution is 2.23. The van der Waals surface area contributed by atoms with E-state index in [1.807, 2.05) is 46.8 Å². The zero-order chi connectivity index (χ0) is 15.7. The highest BCUT2D eigenvalue weighted by atomic mass is 16.2. The summed E-state index contributed by atoms with van der Waals surface area (Å²) in [4.78, 5) is 28.3. The van der Waals surface area contributed by atoms with Gasteiger partial charge in [0, 0.05) is 24.7 Å². The molecule has 4 nitrogen and oxygen atoms in total. The van der Waals surface area contributed by atoms with Gasteiger partial charge in [0.2, 0.25) is 11.8 Å². The molecule has 1 fully saturated rings. The van der Waals surface area contributed by atoms with Crippen LogP contribution in [0.3, 0.4) is 0 Å². The van der Waals surface area contributed by atoms with Gasteiger partial charge < -0.3 is 9.80 Å². The van der Waals surface area contributed by atoms with Gasteiger partial charge >= 0.3 is 0 Å². The maximum Gasteiger partial charge on any atom is 0.249 e. The van der Waals surface area contributed by atoms with E-state index < -0.39 is 6.04 Å². The summed E-state index contributed by atoms with van der Waals surface area (Å²) in [6.45, 7) is 10.8. The van der Waals surface area contributed by atoms with Crippen molar-refractivity contribution in [3.05, 3.63) is 29.3 Å². The van der Waals surface area contributed by atoms with Crippen molar-refractivity contribution in [2.75, 3.05) is 18.0 Å². The largest absolute Gasteiger partial charge is 0.329 e. The maximum atomic E-state index is 12.6. The van der Waals surface area contributed by atoms with Gasteiger partial charge in [-0.05, 0) is 44.0 Å². The number of piperazine rings is 1. The second-order valence-corrected chi connectivity index (χ2v) is 6.20. The number of hydrogen-bond acceptors (Lipinski definition) is 2. The molecule has 2 rings (SSSR count). The Labute approximate surface area is 126 Å². The lowest BCUT2D eigenvalue weighted by Gasteiger charge is -2.40. The Morgan fingerprint density at radius 3 is 2.24 bits per heavy atom. The van der Waals surface area contributed by atoms with Gasteiger partial charge in [-0.3, -0.25) is 9.59 Å². The van der Waals surface area contributed by atoms with Gasteiger partial charge in [-0.1, -0.05) is 19.9 Å². The molecule has 1 aliphatic rings. The Bertz CT molecular complexity index is 546. The number of anilines is 1. The van der Waals surface area contributed by atoms with E-state index in [0.29, 0.717) is 13.1 Å². The van der Waals surface area contributed by atoms with E-state index in [0.717, 1.165) is 16.8 Å². The molecule has 0 bridgehead atoms. The molecule has 114 valence electrons. The lowest BCUT2D eigenvalue weighted by molar-refractivity contribution is -0.143. The van der Waals surface area contributed by atoms with Crippen LogP contribution in [-0.4, -0.2) is 35.8 Å². The van der Waals surface area contributed by atoms with E-state index in [1.54, 1.807) is 9.80 Å². The highest BCUT2D eigenvalue weighted by molar-refractivity contribution is 6.00. The molecular weight excluding hydrogens is 264 g/mol. The Kier molecular flexibility index (Phi) is 4.35. The van der Waals surface area contributed by atoms with E-state index in [9.17, 15) is 9.59 Å². The van der Waals surface area contributed by atoms with Crippen molar-refractivity contribution in [3.8, 4) is 0 Å². The zero-order valence-electron chi connectivity index (χ0n) is 13.5. The van der Waals surface area contributed by atoms with Crippen molar-refractivity contribution in [3.63, 3.8) is 0 Å². The van der Waals surface area contributed by atoms with Gasteiger partial charge in [0.15, 0.2) is 0 Å². The number of hydrogen-bond donors (Lipinski definition) is 0. The number of benzene rings is 1. The van der Waals surface area contributed by atoms with Gasteiger partial charge in [0.05, 0.1) is 0 Å². The van der Waals surface area contributed by atoms with Crippen LogP contribution in [0.4, 0.5) is 5.69 Å². The van der Waals surface area contributed by atoms with Crippen molar-refractivity contribution < 1.29 is 9.59 Å². The topological polar surface area (TPSA) is 40.6 Å². The first-order chi connectivity index (χ1) is 9.81. The van der Waals surface area contributed by atoms with Gasteiger partial charge in [-0.2, -0.15) is 0 Å². The summed E-state index contributed by atoms with van der Waals surface area (Å²) in [6, 6.07) is 5.75. The Morgan fingerprint density at radius 2 is 1.71 bits per heavy atom. The van der Waals surface area contributed by atoms with Crippen LogP contribution in [0.2, 0.25) is 0 Å². The molecule has 0 aromatic heterocycles. The van der Waals surface area contributed by atoms with E-state index in [2.05, 4.69) is 6.07 Å². The molecule has 1 heterocycles. The van der Waals surface area contributed by atoms with Crippen LogP contribution >= 0.6 is 0 Å². The predicted octanol–water partition coefficient (Wildman–Crippen LogP) is 2.52.